The van der Waals surface area contributed by atoms with Crippen molar-refractivity contribution in [1.82, 2.24) is 9.13 Å². The number of hydrogen-bond acceptors (Lipinski definition) is 4. The second-order valence-electron chi connectivity index (χ2n) is 15.9. The Morgan fingerprint density at radius 1 is 0.420 bits per heavy atom. The Kier molecular flexibility index (Phi) is 6.70. The van der Waals surface area contributed by atoms with Crippen LogP contribution < -0.4 is 10.9 Å². The van der Waals surface area contributed by atoms with Crippen LogP contribution in [0.2, 0.25) is 0 Å². The minimum absolute atomic E-state index is 0.417. The van der Waals surface area contributed by atoms with Gasteiger partial charge in [-0.2, -0.15) is 0 Å². The Hall–Kier alpha value is -4.33. The lowest BCUT2D eigenvalue weighted by Gasteiger charge is -2.32. The lowest BCUT2D eigenvalue weighted by Crippen LogP contribution is -2.41. The Bertz CT molecular complexity index is 2460. The molecule has 0 saturated carbocycles. The third-order valence-electron chi connectivity index (χ3n) is 11.8. The van der Waals surface area contributed by atoms with Gasteiger partial charge in [0.1, 0.15) is 0 Å². The van der Waals surface area contributed by atoms with Crippen LogP contribution in [0, 0.1) is 0 Å². The summed E-state index contributed by atoms with van der Waals surface area (Å²) in [5.74, 6) is 0. The zero-order valence-electron chi connectivity index (χ0n) is 30.1. The van der Waals surface area contributed by atoms with Crippen molar-refractivity contribution in [3.8, 4) is 11.4 Å². The molecule has 0 N–H and O–H groups in total. The molecular formula is C42H42B2N2O4. The van der Waals surface area contributed by atoms with Gasteiger partial charge in [-0.3, -0.25) is 0 Å². The summed E-state index contributed by atoms with van der Waals surface area (Å²) >= 11 is 0. The lowest BCUT2D eigenvalue weighted by atomic mass is 9.79. The molecule has 9 rings (SSSR count). The van der Waals surface area contributed by atoms with Crippen LogP contribution in [-0.2, 0) is 18.6 Å². The van der Waals surface area contributed by atoms with Crippen molar-refractivity contribution in [3.63, 3.8) is 0 Å². The third-order valence-corrected chi connectivity index (χ3v) is 11.8. The van der Waals surface area contributed by atoms with Crippen LogP contribution in [0.15, 0.2) is 109 Å². The summed E-state index contributed by atoms with van der Waals surface area (Å²) in [6.07, 6.45) is 0. The molecular weight excluding hydrogens is 618 g/mol. The van der Waals surface area contributed by atoms with Crippen molar-refractivity contribution in [3.05, 3.63) is 109 Å². The van der Waals surface area contributed by atoms with Crippen molar-refractivity contribution in [2.75, 3.05) is 0 Å². The highest BCUT2D eigenvalue weighted by Crippen LogP contribution is 2.43. The van der Waals surface area contributed by atoms with Crippen molar-refractivity contribution in [2.24, 2.45) is 0 Å². The fourth-order valence-corrected chi connectivity index (χ4v) is 7.63. The molecule has 2 fully saturated rings. The second kappa shape index (κ2) is 10.6. The van der Waals surface area contributed by atoms with Gasteiger partial charge >= 0.3 is 14.2 Å². The van der Waals surface area contributed by atoms with Gasteiger partial charge in [-0.25, -0.2) is 0 Å². The van der Waals surface area contributed by atoms with E-state index in [2.05, 4.69) is 174 Å². The number of nitrogens with zero attached hydrogens (tertiary/aromatic N) is 2. The summed E-state index contributed by atoms with van der Waals surface area (Å²) in [5.41, 5.74) is 7.06. The summed E-state index contributed by atoms with van der Waals surface area (Å²) in [6.45, 7) is 16.8. The largest absolute Gasteiger partial charge is 0.494 e. The number of aromatic nitrogens is 2. The molecule has 2 aliphatic rings. The van der Waals surface area contributed by atoms with Crippen LogP contribution in [-0.4, -0.2) is 45.8 Å². The summed E-state index contributed by atoms with van der Waals surface area (Å²) in [4.78, 5) is 0. The highest BCUT2D eigenvalue weighted by molar-refractivity contribution is 6.62. The smallest absolute Gasteiger partial charge is 0.399 e. The van der Waals surface area contributed by atoms with Crippen LogP contribution in [0.25, 0.3) is 55.0 Å². The highest BCUT2D eigenvalue weighted by Gasteiger charge is 2.52. The molecule has 250 valence electrons. The highest BCUT2D eigenvalue weighted by atomic mass is 16.7. The topological polar surface area (TPSA) is 46.8 Å². The Morgan fingerprint density at radius 3 is 1.42 bits per heavy atom. The van der Waals surface area contributed by atoms with E-state index in [0.717, 1.165) is 38.9 Å². The van der Waals surface area contributed by atoms with Crippen LogP contribution in [0.3, 0.4) is 0 Å². The molecule has 2 aliphatic heterocycles. The van der Waals surface area contributed by atoms with E-state index in [-0.39, 0.29) is 0 Å². The molecule has 5 aromatic carbocycles. The molecule has 0 atom stereocenters. The van der Waals surface area contributed by atoms with E-state index in [0.29, 0.717) is 0 Å². The number of para-hydroxylation sites is 2. The number of hydrogen-bond donors (Lipinski definition) is 0. The Balaban J connectivity index is 1.28. The van der Waals surface area contributed by atoms with Gasteiger partial charge in [-0.15, -0.1) is 0 Å². The van der Waals surface area contributed by atoms with Gasteiger partial charge in [0.2, 0.25) is 0 Å². The quantitative estimate of drug-likeness (QED) is 0.178. The van der Waals surface area contributed by atoms with E-state index in [4.69, 9.17) is 18.6 Å². The molecule has 0 spiro atoms. The third kappa shape index (κ3) is 4.52. The maximum Gasteiger partial charge on any atom is 0.494 e. The Labute approximate surface area is 294 Å². The van der Waals surface area contributed by atoms with Gasteiger partial charge < -0.3 is 27.8 Å². The first kappa shape index (κ1) is 31.6. The van der Waals surface area contributed by atoms with E-state index in [1.165, 1.54) is 27.1 Å². The van der Waals surface area contributed by atoms with Gasteiger partial charge in [0.15, 0.2) is 0 Å². The summed E-state index contributed by atoms with van der Waals surface area (Å²) in [7, 11) is -0.898. The van der Waals surface area contributed by atoms with Gasteiger partial charge in [-0.1, -0.05) is 66.7 Å². The predicted octanol–water partition coefficient (Wildman–Crippen LogP) is 8.48. The van der Waals surface area contributed by atoms with E-state index < -0.39 is 36.6 Å². The lowest BCUT2D eigenvalue weighted by molar-refractivity contribution is 0.00578. The minimum atomic E-state index is -0.453. The molecule has 0 radical (unpaired) electrons. The van der Waals surface area contributed by atoms with Crippen molar-refractivity contribution >= 4 is 68.8 Å². The SMILES string of the molecule is CC1(C)OB(c2cccc(-n3c4ccccc4c4c3ccc3c5ccccc5n(-c5cccc(B6OC(C)(C)C(C)(C)O6)c5)c34)c2)OC1(C)C. The number of rotatable bonds is 4. The second-order valence-corrected chi connectivity index (χ2v) is 15.9. The molecule has 0 amide bonds. The molecule has 6 nitrogen and oxygen atoms in total. The molecule has 4 heterocycles. The van der Waals surface area contributed by atoms with Crippen molar-refractivity contribution < 1.29 is 18.6 Å². The normalized spacial score (nSPS) is 19.4. The summed E-state index contributed by atoms with van der Waals surface area (Å²) in [5, 5.41) is 4.82. The first-order valence-corrected chi connectivity index (χ1v) is 17.6. The first-order chi connectivity index (χ1) is 23.8. The molecule has 2 saturated heterocycles. The zero-order valence-corrected chi connectivity index (χ0v) is 30.1. The fourth-order valence-electron chi connectivity index (χ4n) is 7.63. The average Bonchev–Trinajstić information content (AvgIpc) is 3.74. The maximum atomic E-state index is 6.49. The van der Waals surface area contributed by atoms with Gasteiger partial charge in [0.25, 0.3) is 0 Å². The first-order valence-electron chi connectivity index (χ1n) is 17.6. The summed E-state index contributed by atoms with van der Waals surface area (Å²) in [6, 6.07) is 39.2. The van der Waals surface area contributed by atoms with Crippen molar-refractivity contribution in [1.29, 1.82) is 0 Å². The van der Waals surface area contributed by atoms with E-state index in [1.807, 2.05) is 0 Å². The number of benzene rings is 5. The molecule has 2 aromatic heterocycles. The van der Waals surface area contributed by atoms with E-state index in [9.17, 15) is 0 Å². The van der Waals surface area contributed by atoms with Crippen molar-refractivity contribution in [2.45, 2.75) is 77.8 Å². The monoisotopic (exact) mass is 660 g/mol. The molecule has 7 aromatic rings. The molecule has 0 aliphatic carbocycles. The van der Waals surface area contributed by atoms with Crippen LogP contribution >= 0.6 is 0 Å². The van der Waals surface area contributed by atoms with Crippen LogP contribution in [0.4, 0.5) is 0 Å². The van der Waals surface area contributed by atoms with Crippen LogP contribution in [0.5, 0.6) is 0 Å². The standard InChI is InChI=1S/C42H42B2N2O4/c1-39(2)40(3,4)48-43(47-39)27-15-13-17-29(25-27)45-35-22-12-10-20-33(35)37-36(45)24-23-32-31-19-9-11-21-34(31)46(38(32)37)30-18-14-16-28(26-30)44-49-41(5,6)42(7,8)50-44/h9-26H,1-8H3. The van der Waals surface area contributed by atoms with Crippen LogP contribution in [0.1, 0.15) is 55.4 Å². The molecule has 0 unspecified atom stereocenters. The zero-order chi connectivity index (χ0) is 34.8. The number of fused-ring (bicyclic) bond motifs is 7. The van der Waals surface area contributed by atoms with E-state index >= 15 is 0 Å². The molecule has 8 heteroatoms. The molecule has 0 bridgehead atoms. The predicted molar refractivity (Wildman–Crippen MR) is 207 cm³/mol. The Morgan fingerprint density at radius 2 is 0.880 bits per heavy atom. The minimum Gasteiger partial charge on any atom is -0.399 e. The van der Waals surface area contributed by atoms with E-state index in [1.54, 1.807) is 0 Å². The van der Waals surface area contributed by atoms with Gasteiger partial charge in [0.05, 0.1) is 44.5 Å². The average molecular weight is 660 g/mol. The van der Waals surface area contributed by atoms with Gasteiger partial charge in [0, 0.05) is 32.9 Å². The summed E-state index contributed by atoms with van der Waals surface area (Å²) < 4.78 is 30.7. The fraction of sp³-hybridized carbons (Fsp3) is 0.286. The van der Waals surface area contributed by atoms with Gasteiger partial charge in [-0.05, 0) is 109 Å². The maximum absolute atomic E-state index is 6.49. The molecule has 50 heavy (non-hydrogen) atoms.